The molecule has 1 amide bonds. The molecule has 0 saturated carbocycles. The van der Waals surface area contributed by atoms with Crippen LogP contribution < -0.4 is 5.32 Å². The van der Waals surface area contributed by atoms with Crippen LogP contribution in [0.1, 0.15) is 64.4 Å². The quantitative estimate of drug-likeness (QED) is 0.804. The largest absolute Gasteiger partial charge is 0.362 e. The van der Waals surface area contributed by atoms with Crippen LogP contribution in [0.4, 0.5) is 4.39 Å². The first kappa shape index (κ1) is 19.9. The Bertz CT molecular complexity index is 905. The number of hydrogen-bond acceptors (Lipinski definition) is 3. The lowest BCUT2D eigenvalue weighted by Gasteiger charge is -2.41. The molecule has 1 fully saturated rings. The number of hydrogen-bond donors (Lipinski definition) is 1. The predicted molar refractivity (Wildman–Crippen MR) is 110 cm³/mol. The summed E-state index contributed by atoms with van der Waals surface area (Å²) in [5.41, 5.74) is 3.71. The van der Waals surface area contributed by atoms with Crippen LogP contribution >= 0.6 is 0 Å². The molecule has 2 aliphatic heterocycles. The summed E-state index contributed by atoms with van der Waals surface area (Å²) in [5, 5.41) is 3.40. The van der Waals surface area contributed by atoms with Gasteiger partial charge in [-0.25, -0.2) is 4.39 Å². The summed E-state index contributed by atoms with van der Waals surface area (Å²) in [4.78, 5) is 28.7. The monoisotopic (exact) mass is 396 g/mol. The minimum absolute atomic E-state index is 0.00629. The Morgan fingerprint density at radius 3 is 2.41 bits per heavy atom. The van der Waals surface area contributed by atoms with E-state index in [0.29, 0.717) is 17.6 Å². The lowest BCUT2D eigenvalue weighted by molar-refractivity contribution is -0.128. The van der Waals surface area contributed by atoms with Gasteiger partial charge >= 0.3 is 0 Å². The molecule has 4 rings (SSSR count). The van der Waals surface area contributed by atoms with Gasteiger partial charge < -0.3 is 10.2 Å². The second-order valence-corrected chi connectivity index (χ2v) is 9.33. The van der Waals surface area contributed by atoms with E-state index in [1.54, 1.807) is 12.1 Å². The van der Waals surface area contributed by atoms with Gasteiger partial charge in [0, 0.05) is 48.0 Å². The van der Waals surface area contributed by atoms with Gasteiger partial charge in [0.2, 0.25) is 0 Å². The molecule has 0 spiro atoms. The zero-order valence-electron chi connectivity index (χ0n) is 17.5. The zero-order valence-corrected chi connectivity index (χ0v) is 17.5. The summed E-state index contributed by atoms with van der Waals surface area (Å²) in [6, 6.07) is 6.24. The maximum Gasteiger partial charge on any atom is 0.252 e. The molecule has 1 aliphatic carbocycles. The molecule has 1 aromatic carbocycles. The van der Waals surface area contributed by atoms with Crippen molar-refractivity contribution in [1.29, 1.82) is 0 Å². The summed E-state index contributed by atoms with van der Waals surface area (Å²) < 4.78 is 13.6. The van der Waals surface area contributed by atoms with E-state index >= 15 is 0 Å². The molecule has 4 nitrogen and oxygen atoms in total. The Morgan fingerprint density at radius 2 is 1.76 bits per heavy atom. The minimum atomic E-state index is -0.440. The molecule has 0 bridgehead atoms. The number of amides is 1. The third kappa shape index (κ3) is 3.75. The van der Waals surface area contributed by atoms with Gasteiger partial charge in [-0.15, -0.1) is 0 Å². The number of likely N-dealkylation sites (tertiary alicyclic amines) is 1. The topological polar surface area (TPSA) is 49.4 Å². The molecule has 1 aromatic rings. The van der Waals surface area contributed by atoms with Gasteiger partial charge in [-0.05, 0) is 55.7 Å². The van der Waals surface area contributed by atoms with Gasteiger partial charge in [-0.1, -0.05) is 26.0 Å². The van der Waals surface area contributed by atoms with Gasteiger partial charge in [-0.2, -0.15) is 0 Å². The third-order valence-electron chi connectivity index (χ3n) is 6.32. The molecule has 1 saturated heterocycles. The van der Waals surface area contributed by atoms with Crippen molar-refractivity contribution < 1.29 is 14.0 Å². The second-order valence-electron chi connectivity index (χ2n) is 9.33. The Hall–Kier alpha value is -2.43. The number of ketones is 1. The van der Waals surface area contributed by atoms with Crippen LogP contribution in [0, 0.1) is 11.2 Å². The fraction of sp³-hybridized carbons (Fsp3) is 0.500. The van der Waals surface area contributed by atoms with Crippen molar-refractivity contribution in [3.05, 3.63) is 58.2 Å². The van der Waals surface area contributed by atoms with E-state index < -0.39 is 5.92 Å². The average Bonchev–Trinajstić information content (AvgIpc) is 2.67. The van der Waals surface area contributed by atoms with Crippen LogP contribution in [-0.4, -0.2) is 29.7 Å². The van der Waals surface area contributed by atoms with Crippen LogP contribution in [0.5, 0.6) is 0 Å². The Balaban J connectivity index is 1.82. The van der Waals surface area contributed by atoms with Crippen molar-refractivity contribution in [2.45, 2.75) is 58.8 Å². The van der Waals surface area contributed by atoms with Crippen LogP contribution in [0.2, 0.25) is 0 Å². The molecule has 0 unspecified atom stereocenters. The number of dihydropyridines is 1. The number of carbonyl (C=O) groups excluding carboxylic acids is 2. The number of nitrogens with one attached hydrogen (secondary N) is 1. The molecular formula is C24H29FN2O2. The van der Waals surface area contributed by atoms with Crippen LogP contribution in [0.25, 0.3) is 0 Å². The van der Waals surface area contributed by atoms with E-state index in [1.807, 2.05) is 11.8 Å². The molecule has 154 valence electrons. The first-order chi connectivity index (χ1) is 13.8. The first-order valence-electron chi connectivity index (χ1n) is 10.6. The third-order valence-corrected chi connectivity index (χ3v) is 6.32. The number of halogens is 1. The standard InChI is InChI=1S/C24H29FN2O2/c1-15-20(23(29)27-11-5-4-6-12-27)21(16-7-9-17(25)10-8-16)22-18(26-15)13-24(2,3)14-19(22)28/h7-10,21,26H,4-6,11-14H2,1-3H3/t21-/m0/s1. The van der Waals surface area contributed by atoms with Gasteiger partial charge in [0.25, 0.3) is 5.91 Å². The van der Waals surface area contributed by atoms with E-state index in [4.69, 9.17) is 0 Å². The van der Waals surface area contributed by atoms with Crippen LogP contribution in [-0.2, 0) is 9.59 Å². The maximum atomic E-state index is 13.6. The molecule has 1 atom stereocenters. The lowest BCUT2D eigenvalue weighted by Crippen LogP contribution is -2.43. The van der Waals surface area contributed by atoms with Crippen molar-refractivity contribution >= 4 is 11.7 Å². The first-order valence-corrected chi connectivity index (χ1v) is 10.6. The molecule has 0 aromatic heterocycles. The fourth-order valence-corrected chi connectivity index (χ4v) is 4.98. The van der Waals surface area contributed by atoms with Gasteiger partial charge in [-0.3, -0.25) is 9.59 Å². The molecule has 29 heavy (non-hydrogen) atoms. The summed E-state index contributed by atoms with van der Waals surface area (Å²) in [6.07, 6.45) is 4.37. The highest BCUT2D eigenvalue weighted by molar-refractivity contribution is 6.05. The number of Topliss-reactive ketones (excluding diaryl/α,β-unsaturated/α-hetero) is 1. The van der Waals surface area contributed by atoms with E-state index in [1.165, 1.54) is 12.1 Å². The number of benzene rings is 1. The summed E-state index contributed by atoms with van der Waals surface area (Å²) in [5.74, 6) is -0.690. The van der Waals surface area contributed by atoms with E-state index in [0.717, 1.165) is 55.7 Å². The van der Waals surface area contributed by atoms with E-state index in [9.17, 15) is 14.0 Å². The molecule has 1 N–H and O–H groups in total. The average molecular weight is 397 g/mol. The Labute approximate surface area is 171 Å². The van der Waals surface area contributed by atoms with Crippen LogP contribution in [0.15, 0.2) is 46.8 Å². The fourth-order valence-electron chi connectivity index (χ4n) is 4.98. The minimum Gasteiger partial charge on any atom is -0.362 e. The summed E-state index contributed by atoms with van der Waals surface area (Å²) in [6.45, 7) is 7.61. The van der Waals surface area contributed by atoms with E-state index in [2.05, 4.69) is 19.2 Å². The van der Waals surface area contributed by atoms with E-state index in [-0.39, 0.29) is 22.9 Å². The number of nitrogens with zero attached hydrogens (tertiary/aromatic N) is 1. The second kappa shape index (κ2) is 7.43. The zero-order chi connectivity index (χ0) is 20.8. The van der Waals surface area contributed by atoms with Gasteiger partial charge in [0.1, 0.15) is 5.82 Å². The molecule has 5 heteroatoms. The van der Waals surface area contributed by atoms with Gasteiger partial charge in [0.15, 0.2) is 5.78 Å². The van der Waals surface area contributed by atoms with Crippen molar-refractivity contribution in [2.75, 3.05) is 13.1 Å². The number of carbonyl (C=O) groups is 2. The number of piperidine rings is 1. The molecule has 3 aliphatic rings. The predicted octanol–water partition coefficient (Wildman–Crippen LogP) is 4.44. The summed E-state index contributed by atoms with van der Waals surface area (Å²) in [7, 11) is 0. The highest BCUT2D eigenvalue weighted by Crippen LogP contribution is 2.47. The maximum absolute atomic E-state index is 13.6. The van der Waals surface area contributed by atoms with Crippen molar-refractivity contribution in [2.24, 2.45) is 5.41 Å². The highest BCUT2D eigenvalue weighted by atomic mass is 19.1. The van der Waals surface area contributed by atoms with Crippen molar-refractivity contribution in [3.63, 3.8) is 0 Å². The molecule has 2 heterocycles. The van der Waals surface area contributed by atoms with Gasteiger partial charge in [0.05, 0.1) is 0 Å². The van der Waals surface area contributed by atoms with Crippen molar-refractivity contribution in [1.82, 2.24) is 10.2 Å². The number of rotatable bonds is 2. The van der Waals surface area contributed by atoms with Crippen molar-refractivity contribution in [3.8, 4) is 0 Å². The van der Waals surface area contributed by atoms with Crippen LogP contribution in [0.3, 0.4) is 0 Å². The Kier molecular flexibility index (Phi) is 5.09. The normalized spacial score (nSPS) is 24.3. The Morgan fingerprint density at radius 1 is 1.10 bits per heavy atom. The summed E-state index contributed by atoms with van der Waals surface area (Å²) >= 11 is 0. The smallest absolute Gasteiger partial charge is 0.252 e. The molecule has 0 radical (unpaired) electrons. The SMILES string of the molecule is CC1=C(C(=O)N2CCCCC2)[C@H](c2ccc(F)cc2)C2=C(CC(C)(C)CC2=O)N1. The number of allylic oxidation sites excluding steroid dienone is 3. The highest BCUT2D eigenvalue weighted by Gasteiger charge is 2.43. The lowest BCUT2D eigenvalue weighted by atomic mass is 9.68. The molecular weight excluding hydrogens is 367 g/mol.